The van der Waals surface area contributed by atoms with E-state index in [1.807, 2.05) is 13.8 Å². The number of halogens is 2. The van der Waals surface area contributed by atoms with E-state index in [2.05, 4.69) is 5.32 Å². The van der Waals surface area contributed by atoms with Gasteiger partial charge in [-0.3, -0.25) is 14.5 Å². The fourth-order valence-electron chi connectivity index (χ4n) is 2.42. The molecule has 148 valence electrons. The number of rotatable bonds is 6. The molecule has 0 radical (unpaired) electrons. The number of thioether (sulfide) groups is 1. The number of nitrogens with zero attached hydrogens (tertiary/aromatic N) is 1. The van der Waals surface area contributed by atoms with Gasteiger partial charge >= 0.3 is 0 Å². The minimum absolute atomic E-state index is 0.0166. The van der Waals surface area contributed by atoms with Crippen LogP contribution >= 0.6 is 11.8 Å². The van der Waals surface area contributed by atoms with E-state index in [0.717, 1.165) is 17.9 Å². The van der Waals surface area contributed by atoms with Crippen molar-refractivity contribution in [2.45, 2.75) is 40.2 Å². The third-order valence-corrected chi connectivity index (χ3v) is 5.67. The van der Waals surface area contributed by atoms with Crippen LogP contribution in [0.5, 0.6) is 0 Å². The van der Waals surface area contributed by atoms with Gasteiger partial charge in [-0.1, -0.05) is 13.8 Å². The Morgan fingerprint density at radius 1 is 1.30 bits per heavy atom. The molecule has 1 aliphatic rings. The van der Waals surface area contributed by atoms with Crippen LogP contribution < -0.4 is 5.32 Å². The number of allylic oxidation sites excluding steroid dienone is 1. The lowest BCUT2D eigenvalue weighted by molar-refractivity contribution is -0.148. The van der Waals surface area contributed by atoms with Crippen molar-refractivity contribution in [3.8, 4) is 0 Å². The topological polar surface area (TPSA) is 58.6 Å². The molecule has 1 N–H and O–H groups in total. The van der Waals surface area contributed by atoms with Crippen LogP contribution in [0.15, 0.2) is 28.9 Å². The number of carbonyl (C=O) groups is 2. The highest BCUT2D eigenvalue weighted by atomic mass is 32.2. The van der Waals surface area contributed by atoms with E-state index in [0.29, 0.717) is 22.6 Å². The average molecular weight is 398 g/mol. The molecule has 5 nitrogen and oxygen atoms in total. The van der Waals surface area contributed by atoms with Gasteiger partial charge in [-0.2, -0.15) is 0 Å². The third kappa shape index (κ3) is 5.00. The summed E-state index contributed by atoms with van der Waals surface area (Å²) < 4.78 is 32.3. The van der Waals surface area contributed by atoms with E-state index in [9.17, 15) is 18.4 Å². The second-order valence-corrected chi connectivity index (χ2v) is 8.30. The molecule has 1 aromatic rings. The zero-order valence-electron chi connectivity index (χ0n) is 16.1. The number of carbonyl (C=O) groups excluding carboxylic acids is 2. The largest absolute Gasteiger partial charge is 0.476 e. The van der Waals surface area contributed by atoms with Gasteiger partial charge in [0.1, 0.15) is 27.8 Å². The smallest absolute Gasteiger partial charge is 0.267 e. The number of anilines is 1. The zero-order chi connectivity index (χ0) is 20.4. The summed E-state index contributed by atoms with van der Waals surface area (Å²) in [6.45, 7) is 8.86. The van der Waals surface area contributed by atoms with Gasteiger partial charge in [0.15, 0.2) is 6.73 Å². The number of nitrogens with one attached hydrogen (secondary N) is 1. The van der Waals surface area contributed by atoms with Crippen molar-refractivity contribution in [3.63, 3.8) is 0 Å². The predicted octanol–water partition coefficient (Wildman–Crippen LogP) is 4.12. The van der Waals surface area contributed by atoms with E-state index in [1.165, 1.54) is 16.7 Å². The van der Waals surface area contributed by atoms with Gasteiger partial charge in [-0.05, 0) is 38.8 Å². The first-order chi connectivity index (χ1) is 12.5. The average Bonchev–Trinajstić information content (AvgIpc) is 2.53. The summed E-state index contributed by atoms with van der Waals surface area (Å²) in [5.41, 5.74) is -1.30. The normalized spacial score (nSPS) is 15.3. The maximum Gasteiger partial charge on any atom is 0.267 e. The Bertz CT molecular complexity index is 758. The summed E-state index contributed by atoms with van der Waals surface area (Å²) in [5, 5.41) is 2.47. The summed E-state index contributed by atoms with van der Waals surface area (Å²) in [5.74, 6) is -0.807. The van der Waals surface area contributed by atoms with Crippen molar-refractivity contribution >= 4 is 29.3 Å². The van der Waals surface area contributed by atoms with Gasteiger partial charge in [0.25, 0.3) is 5.91 Å². The number of hydrogen-bond donors (Lipinski definition) is 1. The summed E-state index contributed by atoms with van der Waals surface area (Å²) in [6.07, 6.45) is 0. The Balaban J connectivity index is 2.19. The summed E-state index contributed by atoms with van der Waals surface area (Å²) in [6, 6.07) is 2.74. The number of amides is 2. The number of hydrogen-bond acceptors (Lipinski definition) is 4. The minimum Gasteiger partial charge on any atom is -0.476 e. The molecule has 1 aliphatic heterocycles. The lowest BCUT2D eigenvalue weighted by atomic mass is 10.0. The highest BCUT2D eigenvalue weighted by molar-refractivity contribution is 8.04. The SMILES string of the molecule is CC1=C(SCC(C)C)C(=O)N(C(C)(C)C(=O)Nc2cc(F)cc(F)c2)CO1. The molecule has 0 bridgehead atoms. The molecule has 0 aliphatic carbocycles. The first kappa shape index (κ1) is 21.2. The number of ether oxygens (including phenoxy) is 1. The Hall–Kier alpha value is -2.09. The van der Waals surface area contributed by atoms with Gasteiger partial charge in [0.05, 0.1) is 0 Å². The van der Waals surface area contributed by atoms with E-state index in [-0.39, 0.29) is 18.3 Å². The third-order valence-electron chi connectivity index (χ3n) is 4.08. The molecule has 1 aromatic carbocycles. The fraction of sp³-hybridized carbons (Fsp3) is 0.474. The second kappa shape index (κ2) is 8.29. The van der Waals surface area contributed by atoms with Gasteiger partial charge in [0, 0.05) is 17.5 Å². The van der Waals surface area contributed by atoms with Crippen LogP contribution in [0, 0.1) is 17.6 Å². The van der Waals surface area contributed by atoms with Crippen molar-refractivity contribution in [1.82, 2.24) is 4.90 Å². The van der Waals surface area contributed by atoms with Crippen molar-refractivity contribution in [2.75, 3.05) is 17.8 Å². The first-order valence-corrected chi connectivity index (χ1v) is 9.57. The zero-order valence-corrected chi connectivity index (χ0v) is 16.9. The van der Waals surface area contributed by atoms with Crippen LogP contribution in [-0.4, -0.2) is 34.7 Å². The van der Waals surface area contributed by atoms with Crippen LogP contribution in [0.4, 0.5) is 14.5 Å². The van der Waals surface area contributed by atoms with Gasteiger partial charge in [-0.15, -0.1) is 11.8 Å². The maximum absolute atomic E-state index is 13.4. The summed E-state index contributed by atoms with van der Waals surface area (Å²) in [4.78, 5) is 27.4. The number of benzene rings is 1. The minimum atomic E-state index is -1.29. The van der Waals surface area contributed by atoms with Crippen molar-refractivity contribution in [1.29, 1.82) is 0 Å². The highest BCUT2D eigenvalue weighted by Gasteiger charge is 2.42. The highest BCUT2D eigenvalue weighted by Crippen LogP contribution is 2.32. The Labute approximate surface area is 162 Å². The Morgan fingerprint density at radius 3 is 2.44 bits per heavy atom. The lowest BCUT2D eigenvalue weighted by Gasteiger charge is -2.40. The molecule has 0 spiro atoms. The maximum atomic E-state index is 13.4. The molecular weight excluding hydrogens is 374 g/mol. The predicted molar refractivity (Wildman–Crippen MR) is 102 cm³/mol. The standard InChI is InChI=1S/C19H24F2N2O3S/c1-11(2)9-27-16-12(3)26-10-23(17(16)24)19(4,5)18(25)22-15-7-13(20)6-14(21)8-15/h6-8,11H,9-10H2,1-5H3,(H,22,25). The molecular formula is C19H24F2N2O3S. The Morgan fingerprint density at radius 2 is 1.89 bits per heavy atom. The van der Waals surface area contributed by atoms with Crippen LogP contribution in [-0.2, 0) is 14.3 Å². The van der Waals surface area contributed by atoms with Crippen molar-refractivity contribution < 1.29 is 23.1 Å². The molecule has 0 aromatic heterocycles. The molecule has 1 heterocycles. The first-order valence-electron chi connectivity index (χ1n) is 8.58. The van der Waals surface area contributed by atoms with Crippen molar-refractivity contribution in [2.24, 2.45) is 5.92 Å². The van der Waals surface area contributed by atoms with Crippen LogP contribution in [0.2, 0.25) is 0 Å². The molecule has 0 saturated carbocycles. The van der Waals surface area contributed by atoms with E-state index in [4.69, 9.17) is 4.74 Å². The Kier molecular flexibility index (Phi) is 6.51. The monoisotopic (exact) mass is 398 g/mol. The van der Waals surface area contributed by atoms with Crippen molar-refractivity contribution in [3.05, 3.63) is 40.5 Å². The van der Waals surface area contributed by atoms with Crippen LogP contribution in [0.25, 0.3) is 0 Å². The molecule has 0 atom stereocenters. The van der Waals surface area contributed by atoms with Crippen LogP contribution in [0.1, 0.15) is 34.6 Å². The molecule has 27 heavy (non-hydrogen) atoms. The summed E-state index contributed by atoms with van der Waals surface area (Å²) >= 11 is 1.39. The van der Waals surface area contributed by atoms with Gasteiger partial charge < -0.3 is 10.1 Å². The second-order valence-electron chi connectivity index (χ2n) is 7.27. The van der Waals surface area contributed by atoms with Gasteiger partial charge in [0.2, 0.25) is 5.91 Å². The molecule has 8 heteroatoms. The quantitative estimate of drug-likeness (QED) is 0.783. The molecule has 0 fully saturated rings. The van der Waals surface area contributed by atoms with E-state index in [1.54, 1.807) is 20.8 Å². The van der Waals surface area contributed by atoms with Gasteiger partial charge in [-0.25, -0.2) is 8.78 Å². The molecule has 2 rings (SSSR count). The lowest BCUT2D eigenvalue weighted by Crippen LogP contribution is -2.57. The van der Waals surface area contributed by atoms with E-state index < -0.39 is 23.1 Å². The molecule has 0 saturated heterocycles. The van der Waals surface area contributed by atoms with E-state index >= 15 is 0 Å². The fourth-order valence-corrected chi connectivity index (χ4v) is 3.42. The molecule has 0 unspecified atom stereocenters. The van der Waals surface area contributed by atoms with Crippen LogP contribution in [0.3, 0.4) is 0 Å². The summed E-state index contributed by atoms with van der Waals surface area (Å²) in [7, 11) is 0. The molecule has 2 amide bonds.